The predicted octanol–water partition coefficient (Wildman–Crippen LogP) is 2.79. The van der Waals surface area contributed by atoms with Crippen molar-refractivity contribution < 1.29 is 8.42 Å². The normalized spacial score (nSPS) is 23.8. The van der Waals surface area contributed by atoms with Crippen LogP contribution in [0.5, 0.6) is 0 Å². The van der Waals surface area contributed by atoms with E-state index in [0.717, 1.165) is 13.0 Å². The van der Waals surface area contributed by atoms with E-state index in [0.29, 0.717) is 11.0 Å². The van der Waals surface area contributed by atoms with E-state index in [9.17, 15) is 8.42 Å². The third kappa shape index (κ3) is 3.43. The second kappa shape index (κ2) is 5.50. The summed E-state index contributed by atoms with van der Waals surface area (Å²) in [4.78, 5) is -0.0767. The molecule has 1 heterocycles. The maximum absolute atomic E-state index is 12.4. The van der Waals surface area contributed by atoms with Gasteiger partial charge >= 0.3 is 0 Å². The van der Waals surface area contributed by atoms with Crippen LogP contribution in [-0.4, -0.2) is 27.0 Å². The molecule has 8 heteroatoms. The van der Waals surface area contributed by atoms with Gasteiger partial charge in [0.05, 0.1) is 10.0 Å². The Kier molecular flexibility index (Phi) is 4.50. The molecule has 2 rings (SSSR count). The van der Waals surface area contributed by atoms with Gasteiger partial charge in [0, 0.05) is 16.6 Å². The van der Waals surface area contributed by atoms with E-state index < -0.39 is 15.6 Å². The lowest BCUT2D eigenvalue weighted by atomic mass is 10.0. The van der Waals surface area contributed by atoms with E-state index in [-0.39, 0.29) is 14.9 Å². The summed E-state index contributed by atoms with van der Waals surface area (Å²) < 4.78 is 28.2. The summed E-state index contributed by atoms with van der Waals surface area (Å²) in [5, 5.41) is 3.32. The minimum Gasteiger partial charge on any atom is -0.315 e. The second-order valence-electron chi connectivity index (χ2n) is 4.79. The summed E-state index contributed by atoms with van der Waals surface area (Å²) in [7, 11) is -3.75. The van der Waals surface area contributed by atoms with Crippen molar-refractivity contribution in [3.63, 3.8) is 0 Å². The fourth-order valence-corrected chi connectivity index (χ4v) is 5.44. The van der Waals surface area contributed by atoms with Crippen LogP contribution in [0, 0.1) is 0 Å². The topological polar surface area (TPSA) is 58.2 Å². The van der Waals surface area contributed by atoms with Crippen LogP contribution in [0.3, 0.4) is 0 Å². The number of halogens is 3. The van der Waals surface area contributed by atoms with E-state index in [2.05, 4.69) is 26.0 Å². The Balaban J connectivity index is 2.40. The lowest BCUT2D eigenvalue weighted by Crippen LogP contribution is -2.47. The fourth-order valence-electron chi connectivity index (χ4n) is 2.07. The smallest absolute Gasteiger partial charge is 0.244 e. The van der Waals surface area contributed by atoms with Crippen molar-refractivity contribution in [1.29, 1.82) is 0 Å². The highest BCUT2D eigenvalue weighted by Crippen LogP contribution is 2.33. The Bertz CT molecular complexity index is 578. The van der Waals surface area contributed by atoms with Gasteiger partial charge in [0.25, 0.3) is 0 Å². The maximum Gasteiger partial charge on any atom is 0.244 e. The van der Waals surface area contributed by atoms with Gasteiger partial charge in [0.2, 0.25) is 10.0 Å². The monoisotopic (exact) mass is 386 g/mol. The molecule has 1 unspecified atom stereocenters. The highest BCUT2D eigenvalue weighted by Gasteiger charge is 2.35. The Morgan fingerprint density at radius 1 is 1.37 bits per heavy atom. The quantitative estimate of drug-likeness (QED) is 0.838. The molecule has 0 bridgehead atoms. The molecule has 0 aliphatic carbocycles. The van der Waals surface area contributed by atoms with Crippen LogP contribution < -0.4 is 10.0 Å². The molecule has 19 heavy (non-hydrogen) atoms. The molecule has 4 nitrogen and oxygen atoms in total. The van der Waals surface area contributed by atoms with E-state index in [1.54, 1.807) is 0 Å². The molecule has 0 spiro atoms. The summed E-state index contributed by atoms with van der Waals surface area (Å²) in [6.07, 6.45) is 0.720. The standard InChI is InChI=1S/C11H13BrCl2N2O2S/c1-11(2-3-15-6-11)16-19(17,18)10-8(13)4-7(12)5-9(10)14/h4-5,15-16H,2-3,6H2,1H3. The minimum absolute atomic E-state index is 0.0767. The number of hydrogen-bond acceptors (Lipinski definition) is 3. The van der Waals surface area contributed by atoms with Gasteiger partial charge in [-0.05, 0) is 32.0 Å². The highest BCUT2D eigenvalue weighted by molar-refractivity contribution is 9.10. The van der Waals surface area contributed by atoms with E-state index in [1.165, 1.54) is 12.1 Å². The van der Waals surface area contributed by atoms with E-state index in [1.807, 2.05) is 6.92 Å². The maximum atomic E-state index is 12.4. The highest BCUT2D eigenvalue weighted by atomic mass is 79.9. The third-order valence-corrected chi connectivity index (χ3v) is 6.00. The molecule has 1 saturated heterocycles. The van der Waals surface area contributed by atoms with Crippen LogP contribution in [0.1, 0.15) is 13.3 Å². The number of hydrogen-bond donors (Lipinski definition) is 2. The third-order valence-electron chi connectivity index (χ3n) is 2.98. The Labute approximate surface area is 131 Å². The zero-order valence-electron chi connectivity index (χ0n) is 10.1. The van der Waals surface area contributed by atoms with Gasteiger partial charge in [-0.2, -0.15) is 0 Å². The van der Waals surface area contributed by atoms with Gasteiger partial charge in [-0.3, -0.25) is 0 Å². The van der Waals surface area contributed by atoms with Gasteiger partial charge in [0.1, 0.15) is 4.90 Å². The number of benzene rings is 1. The summed E-state index contributed by atoms with van der Waals surface area (Å²) in [5.74, 6) is 0. The molecule has 1 aliphatic heterocycles. The van der Waals surface area contributed by atoms with Gasteiger partial charge in [-0.25, -0.2) is 13.1 Å². The summed E-state index contributed by atoms with van der Waals surface area (Å²) >= 11 is 15.2. The van der Waals surface area contributed by atoms with Crippen LogP contribution in [0.4, 0.5) is 0 Å². The largest absolute Gasteiger partial charge is 0.315 e. The predicted molar refractivity (Wildman–Crippen MR) is 80.4 cm³/mol. The minimum atomic E-state index is -3.75. The number of sulfonamides is 1. The zero-order valence-corrected chi connectivity index (χ0v) is 14.0. The van der Waals surface area contributed by atoms with Crippen molar-refractivity contribution >= 4 is 49.2 Å². The molecule has 0 radical (unpaired) electrons. The van der Waals surface area contributed by atoms with Gasteiger partial charge < -0.3 is 5.32 Å². The molecule has 0 amide bonds. The van der Waals surface area contributed by atoms with E-state index in [4.69, 9.17) is 23.2 Å². The lowest BCUT2D eigenvalue weighted by molar-refractivity contribution is 0.452. The zero-order chi connectivity index (χ0) is 14.3. The van der Waals surface area contributed by atoms with Crippen molar-refractivity contribution in [2.24, 2.45) is 0 Å². The van der Waals surface area contributed by atoms with Crippen LogP contribution in [0.2, 0.25) is 10.0 Å². The molecular weight excluding hydrogens is 375 g/mol. The second-order valence-corrected chi connectivity index (χ2v) is 8.14. The molecule has 106 valence electrons. The molecule has 1 fully saturated rings. The Morgan fingerprint density at radius 2 is 1.95 bits per heavy atom. The summed E-state index contributed by atoms with van der Waals surface area (Å²) in [6.45, 7) is 3.21. The van der Waals surface area contributed by atoms with Crippen LogP contribution >= 0.6 is 39.1 Å². The molecule has 0 aromatic heterocycles. The molecule has 0 saturated carbocycles. The van der Waals surface area contributed by atoms with Crippen molar-refractivity contribution in [1.82, 2.24) is 10.0 Å². The van der Waals surface area contributed by atoms with Crippen molar-refractivity contribution in [3.8, 4) is 0 Å². The summed E-state index contributed by atoms with van der Waals surface area (Å²) in [6, 6.07) is 3.02. The molecule has 1 aliphatic rings. The van der Waals surface area contributed by atoms with Crippen LogP contribution in [-0.2, 0) is 10.0 Å². The summed E-state index contributed by atoms with van der Waals surface area (Å²) in [5.41, 5.74) is -0.515. The van der Waals surface area contributed by atoms with Gasteiger partial charge in [-0.1, -0.05) is 39.1 Å². The average Bonchev–Trinajstić information content (AvgIpc) is 2.60. The molecular formula is C11H13BrCl2N2O2S. The lowest BCUT2D eigenvalue weighted by Gasteiger charge is -2.24. The molecule has 1 atom stereocenters. The van der Waals surface area contributed by atoms with Gasteiger partial charge in [0.15, 0.2) is 0 Å². The van der Waals surface area contributed by atoms with Gasteiger partial charge in [-0.15, -0.1) is 0 Å². The van der Waals surface area contributed by atoms with E-state index >= 15 is 0 Å². The molecule has 2 N–H and O–H groups in total. The van der Waals surface area contributed by atoms with Crippen molar-refractivity contribution in [2.45, 2.75) is 23.8 Å². The first-order chi connectivity index (χ1) is 8.73. The SMILES string of the molecule is CC1(NS(=O)(=O)c2c(Cl)cc(Br)cc2Cl)CCNC1. The molecule has 1 aromatic carbocycles. The average molecular weight is 388 g/mol. The van der Waals surface area contributed by atoms with Crippen LogP contribution in [0.15, 0.2) is 21.5 Å². The van der Waals surface area contributed by atoms with Crippen molar-refractivity contribution in [2.75, 3.05) is 13.1 Å². The first kappa shape index (κ1) is 15.5. The van der Waals surface area contributed by atoms with Crippen LogP contribution in [0.25, 0.3) is 0 Å². The number of rotatable bonds is 3. The Morgan fingerprint density at radius 3 is 2.42 bits per heavy atom. The Hall–Kier alpha value is 0.150. The first-order valence-corrected chi connectivity index (χ1v) is 8.66. The van der Waals surface area contributed by atoms with Crippen molar-refractivity contribution in [3.05, 3.63) is 26.7 Å². The molecule has 1 aromatic rings. The fraction of sp³-hybridized carbons (Fsp3) is 0.455. The number of nitrogens with one attached hydrogen (secondary N) is 2. The first-order valence-electron chi connectivity index (χ1n) is 5.63.